The van der Waals surface area contributed by atoms with E-state index < -0.39 is 23.8 Å². The third-order valence-corrected chi connectivity index (χ3v) is 3.76. The third-order valence-electron chi connectivity index (χ3n) is 3.36. The lowest BCUT2D eigenvalue weighted by Gasteiger charge is -2.22. The van der Waals surface area contributed by atoms with E-state index in [4.69, 9.17) is 4.74 Å². The summed E-state index contributed by atoms with van der Waals surface area (Å²) in [5.74, 6) is -3.36. The Labute approximate surface area is 124 Å². The molecular weight excluding hydrogens is 276 g/mol. The molecule has 1 N–H and O–H groups in total. The average Bonchev–Trinajstić information content (AvgIpc) is 2.38. The van der Waals surface area contributed by atoms with Crippen molar-refractivity contribution in [3.8, 4) is 0 Å². The average molecular weight is 296 g/mol. The summed E-state index contributed by atoms with van der Waals surface area (Å²) in [5, 5.41) is 9.32. The fourth-order valence-corrected chi connectivity index (χ4v) is 2.49. The van der Waals surface area contributed by atoms with Crippen molar-refractivity contribution in [3.05, 3.63) is 34.9 Å². The van der Waals surface area contributed by atoms with Gasteiger partial charge in [0.25, 0.3) is 0 Å². The number of aliphatic carboxylic acids is 1. The van der Waals surface area contributed by atoms with Crippen LogP contribution in [0.25, 0.3) is 0 Å². The smallest absolute Gasteiger partial charge is 0.320 e. The number of rotatable bonds is 6. The topological polar surface area (TPSA) is 63.6 Å². The number of carboxylic acids is 1. The van der Waals surface area contributed by atoms with Gasteiger partial charge in [-0.3, -0.25) is 9.59 Å². The number of aryl methyl sites for hydroxylation is 2. The molecule has 0 aliphatic carbocycles. The number of hydrogen-bond donors (Lipinski definition) is 2. The van der Waals surface area contributed by atoms with Gasteiger partial charge in [-0.05, 0) is 43.2 Å². The molecule has 5 heteroatoms. The summed E-state index contributed by atoms with van der Waals surface area (Å²) in [5.41, 5.74) is 2.97. The Morgan fingerprint density at radius 1 is 1.30 bits per heavy atom. The Morgan fingerprint density at radius 3 is 2.40 bits per heavy atom. The maximum absolute atomic E-state index is 11.9. The van der Waals surface area contributed by atoms with E-state index in [9.17, 15) is 14.7 Å². The van der Waals surface area contributed by atoms with Crippen molar-refractivity contribution in [2.75, 3.05) is 12.4 Å². The van der Waals surface area contributed by atoms with Crippen LogP contribution in [-0.4, -0.2) is 29.4 Å². The maximum Gasteiger partial charge on any atom is 0.320 e. The van der Waals surface area contributed by atoms with Crippen LogP contribution in [0.1, 0.15) is 29.5 Å². The van der Waals surface area contributed by atoms with Crippen molar-refractivity contribution in [2.45, 2.75) is 26.7 Å². The van der Waals surface area contributed by atoms with Crippen molar-refractivity contribution in [3.63, 3.8) is 0 Å². The second-order valence-corrected chi connectivity index (χ2v) is 5.07. The first-order chi connectivity index (χ1) is 9.42. The number of ether oxygens (including phenoxy) is 1. The molecule has 110 valence electrons. The Balaban J connectivity index is 3.15. The summed E-state index contributed by atoms with van der Waals surface area (Å²) < 4.78 is 4.87. The standard InChI is InChI=1S/C15H20O4S/c1-4-19-15(18)13(14(16)17)12(8-20)11-6-5-9(2)10(3)7-11/h5-7,12-13,20H,4,8H2,1-3H3,(H,16,17). The summed E-state index contributed by atoms with van der Waals surface area (Å²) in [4.78, 5) is 23.3. The highest BCUT2D eigenvalue weighted by Gasteiger charge is 2.36. The van der Waals surface area contributed by atoms with Crippen LogP contribution in [-0.2, 0) is 14.3 Å². The molecule has 0 aromatic heterocycles. The lowest BCUT2D eigenvalue weighted by atomic mass is 9.86. The van der Waals surface area contributed by atoms with Crippen molar-refractivity contribution < 1.29 is 19.4 Å². The summed E-state index contributed by atoms with van der Waals surface area (Å²) in [6, 6.07) is 5.68. The zero-order valence-electron chi connectivity index (χ0n) is 11.9. The molecule has 0 spiro atoms. The number of hydrogen-bond acceptors (Lipinski definition) is 4. The maximum atomic E-state index is 11.9. The van der Waals surface area contributed by atoms with Gasteiger partial charge in [-0.15, -0.1) is 0 Å². The Bertz CT molecular complexity index is 499. The zero-order chi connectivity index (χ0) is 15.3. The minimum absolute atomic E-state index is 0.162. The van der Waals surface area contributed by atoms with Gasteiger partial charge in [-0.2, -0.15) is 12.6 Å². The number of carboxylic acid groups (broad SMARTS) is 1. The first-order valence-electron chi connectivity index (χ1n) is 6.49. The van der Waals surface area contributed by atoms with Crippen LogP contribution in [0.4, 0.5) is 0 Å². The molecule has 0 fully saturated rings. The van der Waals surface area contributed by atoms with Gasteiger partial charge in [0, 0.05) is 5.92 Å². The molecule has 1 rings (SSSR count). The second kappa shape index (κ2) is 7.33. The van der Waals surface area contributed by atoms with Gasteiger partial charge in [0.2, 0.25) is 0 Å². The fourth-order valence-electron chi connectivity index (χ4n) is 2.07. The fraction of sp³-hybridized carbons (Fsp3) is 0.467. The Kier molecular flexibility index (Phi) is 6.07. The van der Waals surface area contributed by atoms with Gasteiger partial charge < -0.3 is 9.84 Å². The molecular formula is C15H20O4S. The Morgan fingerprint density at radius 2 is 1.95 bits per heavy atom. The highest BCUT2D eigenvalue weighted by molar-refractivity contribution is 7.80. The van der Waals surface area contributed by atoms with E-state index in [0.29, 0.717) is 0 Å². The van der Waals surface area contributed by atoms with Gasteiger partial charge >= 0.3 is 11.9 Å². The monoisotopic (exact) mass is 296 g/mol. The number of thiol groups is 1. The minimum atomic E-state index is -1.23. The van der Waals surface area contributed by atoms with E-state index in [2.05, 4.69) is 12.6 Å². The first-order valence-corrected chi connectivity index (χ1v) is 7.13. The van der Waals surface area contributed by atoms with Crippen LogP contribution in [0.5, 0.6) is 0 Å². The normalized spacial score (nSPS) is 13.6. The lowest BCUT2D eigenvalue weighted by Crippen LogP contribution is -2.32. The molecule has 1 aromatic rings. The van der Waals surface area contributed by atoms with Crippen molar-refractivity contribution >= 4 is 24.6 Å². The summed E-state index contributed by atoms with van der Waals surface area (Å²) in [7, 11) is 0. The van der Waals surface area contributed by atoms with Gasteiger partial charge in [0.15, 0.2) is 5.92 Å². The van der Waals surface area contributed by atoms with E-state index in [1.54, 1.807) is 6.92 Å². The van der Waals surface area contributed by atoms with Crippen LogP contribution in [0.2, 0.25) is 0 Å². The molecule has 0 bridgehead atoms. The van der Waals surface area contributed by atoms with Gasteiger partial charge in [0.05, 0.1) is 6.61 Å². The largest absolute Gasteiger partial charge is 0.481 e. The number of benzene rings is 1. The van der Waals surface area contributed by atoms with E-state index in [1.165, 1.54) is 0 Å². The van der Waals surface area contributed by atoms with E-state index in [1.807, 2.05) is 32.0 Å². The highest BCUT2D eigenvalue weighted by atomic mass is 32.1. The molecule has 0 saturated heterocycles. The summed E-state index contributed by atoms with van der Waals surface area (Å²) in [6.07, 6.45) is 0. The molecule has 20 heavy (non-hydrogen) atoms. The van der Waals surface area contributed by atoms with Gasteiger partial charge in [0.1, 0.15) is 0 Å². The summed E-state index contributed by atoms with van der Waals surface area (Å²) >= 11 is 4.21. The molecule has 2 atom stereocenters. The van der Waals surface area contributed by atoms with Crippen LogP contribution in [0.3, 0.4) is 0 Å². The SMILES string of the molecule is CCOC(=O)C(C(=O)O)C(CS)c1ccc(C)c(C)c1. The predicted octanol–water partition coefficient (Wildman–Crippen LogP) is 2.58. The summed E-state index contributed by atoms with van der Waals surface area (Å²) in [6.45, 7) is 5.75. The highest BCUT2D eigenvalue weighted by Crippen LogP contribution is 2.29. The lowest BCUT2D eigenvalue weighted by molar-refractivity contribution is -0.159. The third kappa shape index (κ3) is 3.76. The number of carbonyl (C=O) groups is 2. The van der Waals surface area contributed by atoms with Gasteiger partial charge in [-0.25, -0.2) is 0 Å². The van der Waals surface area contributed by atoms with Crippen LogP contribution in [0, 0.1) is 19.8 Å². The molecule has 0 heterocycles. The molecule has 0 amide bonds. The number of carbonyl (C=O) groups excluding carboxylic acids is 1. The first kappa shape index (κ1) is 16.6. The molecule has 1 aromatic carbocycles. The minimum Gasteiger partial charge on any atom is -0.481 e. The Hall–Kier alpha value is -1.49. The van der Waals surface area contributed by atoms with Gasteiger partial charge in [-0.1, -0.05) is 18.2 Å². The van der Waals surface area contributed by atoms with E-state index in [-0.39, 0.29) is 12.4 Å². The molecule has 0 saturated carbocycles. The van der Waals surface area contributed by atoms with Crippen molar-refractivity contribution in [2.24, 2.45) is 5.92 Å². The van der Waals surface area contributed by atoms with Crippen molar-refractivity contribution in [1.82, 2.24) is 0 Å². The van der Waals surface area contributed by atoms with Crippen LogP contribution < -0.4 is 0 Å². The number of esters is 1. The molecule has 0 aliphatic rings. The molecule has 4 nitrogen and oxygen atoms in total. The van der Waals surface area contributed by atoms with Crippen LogP contribution in [0.15, 0.2) is 18.2 Å². The quantitative estimate of drug-likeness (QED) is 0.481. The molecule has 2 unspecified atom stereocenters. The second-order valence-electron chi connectivity index (χ2n) is 4.70. The zero-order valence-corrected chi connectivity index (χ0v) is 12.8. The molecule has 0 radical (unpaired) electrons. The van der Waals surface area contributed by atoms with Crippen LogP contribution >= 0.6 is 12.6 Å². The van der Waals surface area contributed by atoms with E-state index in [0.717, 1.165) is 16.7 Å². The predicted molar refractivity (Wildman–Crippen MR) is 80.3 cm³/mol. The van der Waals surface area contributed by atoms with Crippen molar-refractivity contribution in [1.29, 1.82) is 0 Å². The molecule has 0 aliphatic heterocycles. The van der Waals surface area contributed by atoms with E-state index >= 15 is 0 Å².